The van der Waals surface area contributed by atoms with E-state index in [1.807, 2.05) is 29.9 Å². The summed E-state index contributed by atoms with van der Waals surface area (Å²) in [5, 5.41) is 3.93. The molecule has 1 amide bonds. The lowest BCUT2D eigenvalue weighted by Crippen LogP contribution is -2.17. The number of hydrogen-bond acceptors (Lipinski definition) is 4. The van der Waals surface area contributed by atoms with E-state index in [0.29, 0.717) is 17.1 Å². The summed E-state index contributed by atoms with van der Waals surface area (Å²) >= 11 is 0. The van der Waals surface area contributed by atoms with Crippen molar-refractivity contribution in [1.82, 2.24) is 9.99 Å². The quantitative estimate of drug-likeness (QED) is 0.680. The highest BCUT2D eigenvalue weighted by Gasteiger charge is 2.15. The second-order valence-electron chi connectivity index (χ2n) is 4.31. The first-order valence-electron chi connectivity index (χ1n) is 6.08. The van der Waals surface area contributed by atoms with Crippen LogP contribution in [0, 0.1) is 0 Å². The molecule has 6 nitrogen and oxygen atoms in total. The van der Waals surface area contributed by atoms with Gasteiger partial charge in [-0.25, -0.2) is 5.43 Å². The van der Waals surface area contributed by atoms with Crippen LogP contribution in [0.3, 0.4) is 0 Å². The molecule has 20 heavy (non-hydrogen) atoms. The van der Waals surface area contributed by atoms with E-state index in [0.717, 1.165) is 5.69 Å². The maximum Gasteiger partial charge on any atom is 0.271 e. The Kier molecular flexibility index (Phi) is 3.12. The Labute approximate surface area is 115 Å². The van der Waals surface area contributed by atoms with Crippen molar-refractivity contribution in [2.75, 3.05) is 6.79 Å². The number of ether oxygens (including phenoxy) is 2. The molecule has 1 aliphatic rings. The lowest BCUT2D eigenvalue weighted by Gasteiger charge is -2.01. The van der Waals surface area contributed by atoms with Gasteiger partial charge in [-0.15, -0.1) is 0 Å². The topological polar surface area (TPSA) is 64.9 Å². The molecule has 0 saturated heterocycles. The third-order valence-electron chi connectivity index (χ3n) is 2.98. The molecule has 0 radical (unpaired) electrons. The summed E-state index contributed by atoms with van der Waals surface area (Å²) in [6.07, 6.45) is 3.49. The number of fused-ring (bicyclic) bond motifs is 1. The number of nitrogens with zero attached hydrogens (tertiary/aromatic N) is 2. The monoisotopic (exact) mass is 271 g/mol. The van der Waals surface area contributed by atoms with Gasteiger partial charge in [-0.2, -0.15) is 5.10 Å². The van der Waals surface area contributed by atoms with E-state index in [-0.39, 0.29) is 12.7 Å². The first-order valence-corrected chi connectivity index (χ1v) is 6.08. The first-order chi connectivity index (χ1) is 9.74. The second kappa shape index (κ2) is 5.08. The summed E-state index contributed by atoms with van der Waals surface area (Å²) in [5.41, 5.74) is 3.85. The predicted molar refractivity (Wildman–Crippen MR) is 73.0 cm³/mol. The summed E-state index contributed by atoms with van der Waals surface area (Å²) in [4.78, 5) is 11.9. The van der Waals surface area contributed by atoms with Crippen molar-refractivity contribution in [2.45, 2.75) is 0 Å². The van der Waals surface area contributed by atoms with Crippen LogP contribution in [-0.4, -0.2) is 23.5 Å². The number of carbonyl (C=O) groups is 1. The molecule has 0 aliphatic carbocycles. The molecule has 0 spiro atoms. The minimum absolute atomic E-state index is 0.187. The number of aromatic nitrogens is 1. The SMILES string of the molecule is Cn1cccc1/C=N\NC(=O)c1ccc2c(c1)OCO2. The van der Waals surface area contributed by atoms with Gasteiger partial charge in [0.2, 0.25) is 6.79 Å². The molecule has 0 bridgehead atoms. The van der Waals surface area contributed by atoms with Crippen LogP contribution in [0.15, 0.2) is 41.6 Å². The smallest absolute Gasteiger partial charge is 0.271 e. The molecule has 1 aliphatic heterocycles. The third kappa shape index (κ3) is 2.35. The number of benzene rings is 1. The highest BCUT2D eigenvalue weighted by Crippen LogP contribution is 2.32. The zero-order chi connectivity index (χ0) is 13.9. The van der Waals surface area contributed by atoms with E-state index >= 15 is 0 Å². The van der Waals surface area contributed by atoms with Crippen LogP contribution >= 0.6 is 0 Å². The van der Waals surface area contributed by atoms with Gasteiger partial charge < -0.3 is 14.0 Å². The molecule has 1 aromatic heterocycles. The molecule has 0 saturated carbocycles. The number of aryl methyl sites for hydroxylation is 1. The van der Waals surface area contributed by atoms with Gasteiger partial charge in [0.15, 0.2) is 11.5 Å². The van der Waals surface area contributed by atoms with Crippen LogP contribution in [-0.2, 0) is 7.05 Å². The van der Waals surface area contributed by atoms with Crippen molar-refractivity contribution in [1.29, 1.82) is 0 Å². The van der Waals surface area contributed by atoms with Gasteiger partial charge in [-0.3, -0.25) is 4.79 Å². The summed E-state index contributed by atoms with van der Waals surface area (Å²) in [6, 6.07) is 8.81. The molecular weight excluding hydrogens is 258 g/mol. The summed E-state index contributed by atoms with van der Waals surface area (Å²) < 4.78 is 12.3. The van der Waals surface area contributed by atoms with Crippen molar-refractivity contribution < 1.29 is 14.3 Å². The number of rotatable bonds is 3. The van der Waals surface area contributed by atoms with E-state index < -0.39 is 0 Å². The van der Waals surface area contributed by atoms with Gasteiger partial charge in [0.05, 0.1) is 11.9 Å². The van der Waals surface area contributed by atoms with Crippen molar-refractivity contribution in [3.63, 3.8) is 0 Å². The number of nitrogens with one attached hydrogen (secondary N) is 1. The van der Waals surface area contributed by atoms with E-state index in [1.54, 1.807) is 24.4 Å². The van der Waals surface area contributed by atoms with E-state index in [1.165, 1.54) is 0 Å². The first kappa shape index (κ1) is 12.3. The fraction of sp³-hybridized carbons (Fsp3) is 0.143. The van der Waals surface area contributed by atoms with Crippen molar-refractivity contribution in [3.8, 4) is 11.5 Å². The van der Waals surface area contributed by atoms with Gasteiger partial charge in [0.1, 0.15) is 0 Å². The Morgan fingerprint density at radius 1 is 1.35 bits per heavy atom. The normalized spacial score (nSPS) is 12.8. The molecule has 1 N–H and O–H groups in total. The van der Waals surface area contributed by atoms with Crippen LogP contribution in [0.1, 0.15) is 16.1 Å². The molecule has 6 heteroatoms. The summed E-state index contributed by atoms with van der Waals surface area (Å²) in [6.45, 7) is 0.187. The van der Waals surface area contributed by atoms with Gasteiger partial charge in [-0.1, -0.05) is 0 Å². The summed E-state index contributed by atoms with van der Waals surface area (Å²) in [7, 11) is 1.90. The highest BCUT2D eigenvalue weighted by atomic mass is 16.7. The lowest BCUT2D eigenvalue weighted by atomic mass is 10.2. The van der Waals surface area contributed by atoms with E-state index in [4.69, 9.17) is 9.47 Å². The van der Waals surface area contributed by atoms with Gasteiger partial charge >= 0.3 is 0 Å². The van der Waals surface area contributed by atoms with Crippen LogP contribution in [0.5, 0.6) is 11.5 Å². The van der Waals surface area contributed by atoms with Crippen LogP contribution in [0.4, 0.5) is 0 Å². The number of carbonyl (C=O) groups excluding carboxylic acids is 1. The molecular formula is C14H13N3O3. The molecule has 0 fully saturated rings. The molecule has 0 atom stereocenters. The molecule has 2 aromatic rings. The third-order valence-corrected chi connectivity index (χ3v) is 2.98. The zero-order valence-corrected chi connectivity index (χ0v) is 10.9. The fourth-order valence-electron chi connectivity index (χ4n) is 1.87. The molecule has 1 aromatic carbocycles. The van der Waals surface area contributed by atoms with E-state index in [2.05, 4.69) is 10.5 Å². The highest BCUT2D eigenvalue weighted by molar-refractivity contribution is 5.95. The van der Waals surface area contributed by atoms with Gasteiger partial charge in [0.25, 0.3) is 5.91 Å². The predicted octanol–water partition coefficient (Wildman–Crippen LogP) is 1.52. The van der Waals surface area contributed by atoms with Crippen molar-refractivity contribution in [3.05, 3.63) is 47.8 Å². The Bertz CT molecular complexity index is 676. The minimum Gasteiger partial charge on any atom is -0.454 e. The van der Waals surface area contributed by atoms with Crippen LogP contribution in [0.2, 0.25) is 0 Å². The average Bonchev–Trinajstić information content (AvgIpc) is 3.07. The van der Waals surface area contributed by atoms with Crippen molar-refractivity contribution >= 4 is 12.1 Å². The molecule has 3 rings (SSSR count). The average molecular weight is 271 g/mol. The minimum atomic E-state index is -0.297. The molecule has 102 valence electrons. The maximum atomic E-state index is 11.9. The second-order valence-corrected chi connectivity index (χ2v) is 4.31. The van der Waals surface area contributed by atoms with Gasteiger partial charge in [0, 0.05) is 18.8 Å². The maximum absolute atomic E-state index is 11.9. The Hall–Kier alpha value is -2.76. The fourth-order valence-corrected chi connectivity index (χ4v) is 1.87. The lowest BCUT2D eigenvalue weighted by molar-refractivity contribution is 0.0954. The van der Waals surface area contributed by atoms with Crippen LogP contribution in [0.25, 0.3) is 0 Å². The van der Waals surface area contributed by atoms with Crippen molar-refractivity contribution in [2.24, 2.45) is 12.1 Å². The Balaban J connectivity index is 1.68. The van der Waals surface area contributed by atoms with Gasteiger partial charge in [-0.05, 0) is 30.3 Å². The molecule has 0 unspecified atom stereocenters. The summed E-state index contributed by atoms with van der Waals surface area (Å²) in [5.74, 6) is 0.923. The molecule has 2 heterocycles. The van der Waals surface area contributed by atoms with E-state index in [9.17, 15) is 4.79 Å². The zero-order valence-electron chi connectivity index (χ0n) is 10.9. The number of amides is 1. The number of hydrogen-bond donors (Lipinski definition) is 1. The largest absolute Gasteiger partial charge is 0.454 e. The Morgan fingerprint density at radius 3 is 3.00 bits per heavy atom. The van der Waals surface area contributed by atoms with Crippen LogP contribution < -0.4 is 14.9 Å². The standard InChI is InChI=1S/C14H13N3O3/c1-17-6-2-3-11(17)8-15-16-14(18)10-4-5-12-13(7-10)20-9-19-12/h2-8H,9H2,1H3,(H,16,18)/b15-8-. The number of hydrazone groups is 1. The Morgan fingerprint density at radius 2 is 2.20 bits per heavy atom.